The lowest BCUT2D eigenvalue weighted by atomic mass is 9.77. The van der Waals surface area contributed by atoms with Crippen molar-refractivity contribution in [2.45, 2.75) is 40.2 Å². The second-order valence-corrected chi connectivity index (χ2v) is 8.14. The molecule has 2 amide bonds. The van der Waals surface area contributed by atoms with Gasteiger partial charge in [-0.05, 0) is 18.8 Å². The van der Waals surface area contributed by atoms with E-state index in [0.717, 1.165) is 0 Å². The number of amides is 2. The molecule has 0 radical (unpaired) electrons. The second-order valence-electron chi connectivity index (χ2n) is 8.14. The summed E-state index contributed by atoms with van der Waals surface area (Å²) in [7, 11) is 0. The minimum atomic E-state index is -0.368. The maximum atomic E-state index is 12.6. The molecule has 2 atom stereocenters. The number of carbonyl (C=O) groups excluding carboxylic acids is 2. The van der Waals surface area contributed by atoms with Crippen LogP contribution in [0.3, 0.4) is 0 Å². The number of allylic oxidation sites excluding steroid dienone is 1. The van der Waals surface area contributed by atoms with E-state index in [2.05, 4.69) is 16.0 Å². The molecule has 136 valence electrons. The zero-order valence-electron chi connectivity index (χ0n) is 15.3. The lowest BCUT2D eigenvalue weighted by Gasteiger charge is -2.41. The minimum Gasteiger partial charge on any atom is -0.377 e. The average molecular weight is 337 g/mol. The third kappa shape index (κ3) is 4.57. The van der Waals surface area contributed by atoms with Crippen LogP contribution in [0.5, 0.6) is 0 Å². The van der Waals surface area contributed by atoms with Crippen molar-refractivity contribution >= 4 is 11.8 Å². The molecule has 0 bridgehead atoms. The Morgan fingerprint density at radius 3 is 2.50 bits per heavy atom. The fraction of sp³-hybridized carbons (Fsp3) is 0.778. The van der Waals surface area contributed by atoms with Gasteiger partial charge in [0.25, 0.3) is 0 Å². The largest absolute Gasteiger partial charge is 0.377 e. The van der Waals surface area contributed by atoms with Gasteiger partial charge in [-0.25, -0.2) is 0 Å². The van der Waals surface area contributed by atoms with Gasteiger partial charge in [-0.2, -0.15) is 0 Å². The third-order valence-electron chi connectivity index (χ3n) is 4.90. The Morgan fingerprint density at radius 1 is 1.21 bits per heavy atom. The molecule has 0 aromatic rings. The van der Waals surface area contributed by atoms with E-state index in [4.69, 9.17) is 4.74 Å². The Hall–Kier alpha value is -1.40. The van der Waals surface area contributed by atoms with Crippen molar-refractivity contribution in [1.29, 1.82) is 0 Å². The number of hydrogen-bond donors (Lipinski definition) is 3. The normalized spacial score (nSPS) is 30.7. The molecule has 1 unspecified atom stereocenters. The second kappa shape index (κ2) is 7.66. The maximum absolute atomic E-state index is 12.6. The van der Waals surface area contributed by atoms with Crippen molar-refractivity contribution in [3.8, 4) is 0 Å². The van der Waals surface area contributed by atoms with Crippen molar-refractivity contribution in [1.82, 2.24) is 16.0 Å². The summed E-state index contributed by atoms with van der Waals surface area (Å²) in [5, 5.41) is 9.19. The first-order valence-corrected chi connectivity index (χ1v) is 8.77. The van der Waals surface area contributed by atoms with Crippen LogP contribution in [0, 0.1) is 16.7 Å². The summed E-state index contributed by atoms with van der Waals surface area (Å²) >= 11 is 0. The Bertz CT molecular complexity index is 492. The molecule has 24 heavy (non-hydrogen) atoms. The van der Waals surface area contributed by atoms with Crippen LogP contribution in [0.1, 0.15) is 34.1 Å². The van der Waals surface area contributed by atoms with Gasteiger partial charge in [-0.3, -0.25) is 9.59 Å². The molecular weight excluding hydrogens is 306 g/mol. The lowest BCUT2D eigenvalue weighted by Crippen LogP contribution is -2.62. The summed E-state index contributed by atoms with van der Waals surface area (Å²) in [5.41, 5.74) is -0.550. The number of ether oxygens (including phenoxy) is 1. The van der Waals surface area contributed by atoms with Gasteiger partial charge in [0.2, 0.25) is 11.8 Å². The van der Waals surface area contributed by atoms with Gasteiger partial charge < -0.3 is 20.7 Å². The van der Waals surface area contributed by atoms with Crippen LogP contribution in [0.15, 0.2) is 12.2 Å². The van der Waals surface area contributed by atoms with Crippen LogP contribution in [0.25, 0.3) is 0 Å². The summed E-state index contributed by atoms with van der Waals surface area (Å²) in [4.78, 5) is 25.1. The van der Waals surface area contributed by atoms with Crippen LogP contribution in [0.2, 0.25) is 0 Å². The minimum absolute atomic E-state index is 0.0235. The molecule has 2 aliphatic rings. The van der Waals surface area contributed by atoms with Crippen molar-refractivity contribution < 1.29 is 14.3 Å². The molecule has 6 heteroatoms. The van der Waals surface area contributed by atoms with E-state index in [-0.39, 0.29) is 34.6 Å². The van der Waals surface area contributed by atoms with E-state index in [1.165, 1.54) is 0 Å². The standard InChI is InChI=1S/C18H31N3O3/c1-13-9-20-15(22)14(17(2,3)4)10-24-8-6-5-7-18(11-19-12-18)16(23)21-13/h5-6,13-14,19H,7-12H2,1-4H3,(H,20,22)(H,21,23)/b6-5+/t13-,14?/m1/s1. The first-order valence-electron chi connectivity index (χ1n) is 8.77. The van der Waals surface area contributed by atoms with Gasteiger partial charge in [0, 0.05) is 25.7 Å². The Labute approximate surface area is 144 Å². The highest BCUT2D eigenvalue weighted by molar-refractivity contribution is 5.85. The lowest BCUT2D eigenvalue weighted by molar-refractivity contribution is -0.135. The van der Waals surface area contributed by atoms with Crippen LogP contribution < -0.4 is 16.0 Å². The van der Waals surface area contributed by atoms with E-state index in [9.17, 15) is 9.59 Å². The molecule has 3 N–H and O–H groups in total. The van der Waals surface area contributed by atoms with Gasteiger partial charge in [0.15, 0.2) is 0 Å². The maximum Gasteiger partial charge on any atom is 0.229 e. The number of rotatable bonds is 0. The Kier molecular flexibility index (Phi) is 6.04. The Morgan fingerprint density at radius 2 is 1.92 bits per heavy atom. The molecule has 1 saturated heterocycles. The third-order valence-corrected chi connectivity index (χ3v) is 4.90. The predicted molar refractivity (Wildman–Crippen MR) is 93.4 cm³/mol. The molecule has 2 aliphatic heterocycles. The predicted octanol–water partition coefficient (Wildman–Crippen LogP) is 0.836. The molecule has 1 fully saturated rings. The first-order chi connectivity index (χ1) is 11.2. The highest BCUT2D eigenvalue weighted by Gasteiger charge is 2.43. The Balaban J connectivity index is 2.09. The van der Waals surface area contributed by atoms with Gasteiger partial charge in [0.1, 0.15) is 0 Å². The van der Waals surface area contributed by atoms with E-state index in [0.29, 0.717) is 39.3 Å². The molecule has 0 aromatic heterocycles. The molecular formula is C18H31N3O3. The van der Waals surface area contributed by atoms with E-state index in [1.807, 2.05) is 39.8 Å². The summed E-state index contributed by atoms with van der Waals surface area (Å²) < 4.78 is 5.70. The van der Waals surface area contributed by atoms with Gasteiger partial charge in [-0.1, -0.05) is 32.9 Å². The summed E-state index contributed by atoms with van der Waals surface area (Å²) in [5.74, 6) is -0.193. The quantitative estimate of drug-likeness (QED) is 0.572. The monoisotopic (exact) mass is 337 g/mol. The summed E-state index contributed by atoms with van der Waals surface area (Å²) in [6, 6.07) is -0.104. The first kappa shape index (κ1) is 18.9. The molecule has 2 heterocycles. The van der Waals surface area contributed by atoms with Crippen LogP contribution in [-0.2, 0) is 14.3 Å². The molecule has 0 aliphatic carbocycles. The van der Waals surface area contributed by atoms with Crippen LogP contribution in [-0.4, -0.2) is 50.7 Å². The van der Waals surface area contributed by atoms with Crippen LogP contribution in [0.4, 0.5) is 0 Å². The van der Waals surface area contributed by atoms with Crippen molar-refractivity contribution in [3.05, 3.63) is 12.2 Å². The number of nitrogens with one attached hydrogen (secondary N) is 3. The smallest absolute Gasteiger partial charge is 0.229 e. The molecule has 1 spiro atoms. The fourth-order valence-electron chi connectivity index (χ4n) is 2.98. The van der Waals surface area contributed by atoms with Crippen molar-refractivity contribution in [2.24, 2.45) is 16.7 Å². The highest BCUT2D eigenvalue weighted by atomic mass is 16.5. The van der Waals surface area contributed by atoms with Gasteiger partial charge in [-0.15, -0.1) is 0 Å². The van der Waals surface area contributed by atoms with Gasteiger partial charge >= 0.3 is 0 Å². The van der Waals surface area contributed by atoms with Crippen molar-refractivity contribution in [2.75, 3.05) is 32.8 Å². The molecule has 2 rings (SSSR count). The van der Waals surface area contributed by atoms with Crippen molar-refractivity contribution in [3.63, 3.8) is 0 Å². The topological polar surface area (TPSA) is 79.5 Å². The molecule has 6 nitrogen and oxygen atoms in total. The highest BCUT2D eigenvalue weighted by Crippen LogP contribution is 2.29. The van der Waals surface area contributed by atoms with E-state index < -0.39 is 0 Å². The van der Waals surface area contributed by atoms with Crippen LogP contribution >= 0.6 is 0 Å². The molecule has 0 aromatic carbocycles. The fourth-order valence-corrected chi connectivity index (χ4v) is 2.98. The number of carbonyl (C=O) groups is 2. The number of hydrogen-bond acceptors (Lipinski definition) is 4. The zero-order valence-corrected chi connectivity index (χ0v) is 15.3. The van der Waals surface area contributed by atoms with E-state index >= 15 is 0 Å². The molecule has 0 saturated carbocycles. The van der Waals surface area contributed by atoms with E-state index in [1.54, 1.807) is 0 Å². The average Bonchev–Trinajstić information content (AvgIpc) is 2.43. The van der Waals surface area contributed by atoms with Gasteiger partial charge in [0.05, 0.1) is 24.5 Å². The zero-order chi connectivity index (χ0) is 17.8. The SMILES string of the molecule is C[C@@H]1CNC(=O)C(C(C)(C)C)COC/C=C/CC2(CNC2)C(=O)N1. The summed E-state index contributed by atoms with van der Waals surface area (Å²) in [6.07, 6.45) is 4.67. The summed E-state index contributed by atoms with van der Waals surface area (Å²) in [6.45, 7) is 10.7.